The number of pyridine rings is 1. The van der Waals surface area contributed by atoms with Gasteiger partial charge < -0.3 is 10.2 Å². The number of carbonyl (C=O) groups is 1. The Labute approximate surface area is 216 Å². The van der Waals surface area contributed by atoms with Crippen LogP contribution in [0, 0.1) is 5.41 Å². The fraction of sp³-hybridized carbons (Fsp3) is 0.536. The van der Waals surface area contributed by atoms with Crippen molar-refractivity contribution >= 4 is 16.8 Å². The van der Waals surface area contributed by atoms with E-state index in [0.29, 0.717) is 18.8 Å². The molecule has 2 aliphatic rings. The molecule has 0 saturated carbocycles. The number of nitrogens with one attached hydrogen (secondary N) is 2. The zero-order valence-corrected chi connectivity index (χ0v) is 21.9. The third-order valence-electron chi connectivity index (χ3n) is 7.18. The number of aromatic nitrogens is 3. The molecule has 198 valence electrons. The Hall–Kier alpha value is -2.91. The van der Waals surface area contributed by atoms with Gasteiger partial charge in [0.2, 0.25) is 0 Å². The molecule has 0 bridgehead atoms. The summed E-state index contributed by atoms with van der Waals surface area (Å²) in [5.74, 6) is -2.78. The van der Waals surface area contributed by atoms with Crippen LogP contribution in [0.4, 0.5) is 8.78 Å². The van der Waals surface area contributed by atoms with E-state index in [1.165, 1.54) is 0 Å². The van der Waals surface area contributed by atoms with E-state index in [9.17, 15) is 13.6 Å². The van der Waals surface area contributed by atoms with Gasteiger partial charge in [-0.1, -0.05) is 26.8 Å². The van der Waals surface area contributed by atoms with Crippen molar-refractivity contribution in [3.63, 3.8) is 0 Å². The fourth-order valence-electron chi connectivity index (χ4n) is 5.46. The molecule has 1 amide bonds. The first-order chi connectivity index (χ1) is 17.5. The molecular weight excluding hydrogens is 474 g/mol. The minimum atomic E-state index is -2.61. The standard InChI is InChI=1S/C28H36F2N6O/c1-27(2,3)17-35-9-6-22(7-10-35)32-26(37)25-23-13-20(4-5-24(23)33-34-25)21-12-19(14-31-15-21)16-36-11-8-28(29,30)18-36/h4-5,12-15,22H,6-11,16-18H2,1-3H3,(H,32,37)(H,33,34). The summed E-state index contributed by atoms with van der Waals surface area (Å²) in [6.07, 6.45) is 5.24. The van der Waals surface area contributed by atoms with Gasteiger partial charge in [0.05, 0.1) is 12.1 Å². The van der Waals surface area contributed by atoms with Gasteiger partial charge in [-0.05, 0) is 47.6 Å². The molecule has 0 radical (unpaired) electrons. The van der Waals surface area contributed by atoms with Crippen molar-refractivity contribution in [1.29, 1.82) is 0 Å². The molecule has 2 aliphatic heterocycles. The summed E-state index contributed by atoms with van der Waals surface area (Å²) >= 11 is 0. The van der Waals surface area contributed by atoms with Gasteiger partial charge in [0.25, 0.3) is 11.8 Å². The number of benzene rings is 1. The molecule has 37 heavy (non-hydrogen) atoms. The molecule has 2 N–H and O–H groups in total. The number of nitrogens with zero attached hydrogens (tertiary/aromatic N) is 4. The lowest BCUT2D eigenvalue weighted by Gasteiger charge is -2.36. The van der Waals surface area contributed by atoms with Crippen molar-refractivity contribution in [2.75, 3.05) is 32.7 Å². The summed E-state index contributed by atoms with van der Waals surface area (Å²) in [6.45, 7) is 10.4. The number of alkyl halides is 2. The van der Waals surface area contributed by atoms with Gasteiger partial charge in [0.15, 0.2) is 5.69 Å². The second-order valence-electron chi connectivity index (χ2n) is 11.8. The third kappa shape index (κ3) is 6.33. The van der Waals surface area contributed by atoms with Crippen LogP contribution in [0.1, 0.15) is 56.1 Å². The number of halogens is 2. The zero-order valence-electron chi connectivity index (χ0n) is 21.9. The maximum absolute atomic E-state index is 13.6. The predicted octanol–water partition coefficient (Wildman–Crippen LogP) is 4.71. The first-order valence-electron chi connectivity index (χ1n) is 13.1. The Bertz CT molecular complexity index is 1260. The summed E-state index contributed by atoms with van der Waals surface area (Å²) in [6, 6.07) is 7.93. The Kier molecular flexibility index (Phi) is 7.02. The molecule has 2 fully saturated rings. The normalized spacial score (nSPS) is 19.5. The highest BCUT2D eigenvalue weighted by molar-refractivity contribution is 6.05. The molecule has 2 aromatic heterocycles. The lowest BCUT2D eigenvalue weighted by atomic mass is 9.94. The van der Waals surface area contributed by atoms with Crippen LogP contribution >= 0.6 is 0 Å². The number of piperidine rings is 1. The van der Waals surface area contributed by atoms with Crippen molar-refractivity contribution < 1.29 is 13.6 Å². The molecule has 5 rings (SSSR count). The van der Waals surface area contributed by atoms with Crippen molar-refractivity contribution in [1.82, 2.24) is 30.3 Å². The molecular formula is C28H36F2N6O. The average Bonchev–Trinajstić information content (AvgIpc) is 3.41. The maximum Gasteiger partial charge on any atom is 0.272 e. The Balaban J connectivity index is 1.27. The van der Waals surface area contributed by atoms with Gasteiger partial charge >= 0.3 is 0 Å². The maximum atomic E-state index is 13.6. The summed E-state index contributed by atoms with van der Waals surface area (Å²) < 4.78 is 27.2. The summed E-state index contributed by atoms with van der Waals surface area (Å²) in [4.78, 5) is 21.7. The quantitative estimate of drug-likeness (QED) is 0.503. The predicted molar refractivity (Wildman–Crippen MR) is 141 cm³/mol. The van der Waals surface area contributed by atoms with Gasteiger partial charge in [-0.2, -0.15) is 5.10 Å². The smallest absolute Gasteiger partial charge is 0.272 e. The van der Waals surface area contributed by atoms with Crippen LogP contribution in [0.5, 0.6) is 0 Å². The van der Waals surface area contributed by atoms with Crippen molar-refractivity contribution in [2.24, 2.45) is 5.41 Å². The minimum absolute atomic E-state index is 0.0991. The Morgan fingerprint density at radius 1 is 1.11 bits per heavy atom. The molecule has 2 saturated heterocycles. The van der Waals surface area contributed by atoms with Crippen LogP contribution in [0.15, 0.2) is 36.7 Å². The van der Waals surface area contributed by atoms with Crippen LogP contribution < -0.4 is 5.32 Å². The number of rotatable bonds is 6. The van der Waals surface area contributed by atoms with Crippen LogP contribution in [-0.2, 0) is 6.54 Å². The van der Waals surface area contributed by atoms with Gasteiger partial charge in [-0.15, -0.1) is 0 Å². The van der Waals surface area contributed by atoms with E-state index in [1.807, 2.05) is 24.3 Å². The Morgan fingerprint density at radius 3 is 2.59 bits per heavy atom. The molecule has 0 unspecified atom stereocenters. The number of likely N-dealkylation sites (tertiary alicyclic amines) is 2. The van der Waals surface area contributed by atoms with E-state index in [2.05, 4.69) is 46.2 Å². The second-order valence-corrected chi connectivity index (χ2v) is 11.8. The molecule has 9 heteroatoms. The van der Waals surface area contributed by atoms with Crippen LogP contribution in [0.3, 0.4) is 0 Å². The van der Waals surface area contributed by atoms with Gasteiger partial charge in [-0.25, -0.2) is 8.78 Å². The van der Waals surface area contributed by atoms with Crippen LogP contribution in [0.2, 0.25) is 0 Å². The molecule has 0 aliphatic carbocycles. The monoisotopic (exact) mass is 510 g/mol. The first kappa shape index (κ1) is 25.7. The van der Waals surface area contributed by atoms with E-state index >= 15 is 0 Å². The van der Waals surface area contributed by atoms with E-state index in [1.54, 1.807) is 17.3 Å². The van der Waals surface area contributed by atoms with E-state index in [4.69, 9.17) is 0 Å². The highest BCUT2D eigenvalue weighted by Crippen LogP contribution is 2.29. The number of fused-ring (bicyclic) bond motifs is 1. The first-order valence-corrected chi connectivity index (χ1v) is 13.1. The van der Waals surface area contributed by atoms with Crippen molar-refractivity contribution in [3.05, 3.63) is 47.9 Å². The zero-order chi connectivity index (χ0) is 26.2. The number of hydrogen-bond donors (Lipinski definition) is 2. The molecule has 0 atom stereocenters. The fourth-order valence-corrected chi connectivity index (χ4v) is 5.46. The summed E-state index contributed by atoms with van der Waals surface area (Å²) in [5.41, 5.74) is 4.11. The van der Waals surface area contributed by atoms with Crippen molar-refractivity contribution in [3.8, 4) is 11.1 Å². The Morgan fingerprint density at radius 2 is 1.89 bits per heavy atom. The minimum Gasteiger partial charge on any atom is -0.348 e. The van der Waals surface area contributed by atoms with Crippen molar-refractivity contribution in [2.45, 2.75) is 58.5 Å². The van der Waals surface area contributed by atoms with Crippen LogP contribution in [0.25, 0.3) is 22.0 Å². The lowest BCUT2D eigenvalue weighted by molar-refractivity contribution is 0.0115. The third-order valence-corrected chi connectivity index (χ3v) is 7.18. The summed E-state index contributed by atoms with van der Waals surface area (Å²) in [7, 11) is 0. The van der Waals surface area contributed by atoms with Crippen LogP contribution in [-0.4, -0.2) is 75.6 Å². The number of H-pyrrole nitrogens is 1. The number of carbonyl (C=O) groups excluding carboxylic acids is 1. The molecule has 3 aromatic rings. The molecule has 7 nitrogen and oxygen atoms in total. The number of hydrogen-bond acceptors (Lipinski definition) is 5. The second kappa shape index (κ2) is 10.1. The molecule has 1 aromatic carbocycles. The number of aromatic amines is 1. The average molecular weight is 511 g/mol. The highest BCUT2D eigenvalue weighted by atomic mass is 19.3. The number of amides is 1. The topological polar surface area (TPSA) is 77.1 Å². The SMILES string of the molecule is CC(C)(C)CN1CCC(NC(=O)c2n[nH]c3ccc(-c4cncc(CN5CCC(F)(F)C5)c4)cc23)CC1. The van der Waals surface area contributed by atoms with Gasteiger partial charge in [-0.3, -0.25) is 19.8 Å². The lowest BCUT2D eigenvalue weighted by Crippen LogP contribution is -2.46. The van der Waals surface area contributed by atoms with E-state index < -0.39 is 5.92 Å². The largest absolute Gasteiger partial charge is 0.348 e. The van der Waals surface area contributed by atoms with E-state index in [-0.39, 0.29) is 30.3 Å². The summed E-state index contributed by atoms with van der Waals surface area (Å²) in [5, 5.41) is 11.2. The molecule has 4 heterocycles. The molecule has 0 spiro atoms. The highest BCUT2D eigenvalue weighted by Gasteiger charge is 2.38. The van der Waals surface area contributed by atoms with Gasteiger partial charge in [0, 0.05) is 68.5 Å². The van der Waals surface area contributed by atoms with Gasteiger partial charge in [0.1, 0.15) is 0 Å². The van der Waals surface area contributed by atoms with E-state index in [0.717, 1.165) is 60.1 Å².